The quantitative estimate of drug-likeness (QED) is 0.0575. The van der Waals surface area contributed by atoms with Crippen molar-refractivity contribution in [1.29, 1.82) is 0 Å². The number of nitrogens with one attached hydrogen (secondary N) is 2. The van der Waals surface area contributed by atoms with Gasteiger partial charge in [0.2, 0.25) is 5.95 Å². The third kappa shape index (κ3) is 14.8. The van der Waals surface area contributed by atoms with E-state index in [2.05, 4.69) is 41.7 Å². The summed E-state index contributed by atoms with van der Waals surface area (Å²) < 4.78 is 75.3. The van der Waals surface area contributed by atoms with Gasteiger partial charge in [-0.2, -0.15) is 21.6 Å². The number of halogens is 3. The van der Waals surface area contributed by atoms with Crippen molar-refractivity contribution in [3.8, 4) is 16.9 Å². The van der Waals surface area contributed by atoms with Crippen LogP contribution in [0.3, 0.4) is 0 Å². The van der Waals surface area contributed by atoms with Crippen LogP contribution in [0.25, 0.3) is 16.9 Å². The van der Waals surface area contributed by atoms with Gasteiger partial charge >= 0.3 is 16.6 Å². The summed E-state index contributed by atoms with van der Waals surface area (Å²) in [5, 5.41) is 5.71. The van der Waals surface area contributed by atoms with Crippen molar-refractivity contribution in [3.05, 3.63) is 108 Å². The van der Waals surface area contributed by atoms with Crippen LogP contribution in [-0.4, -0.2) is 50.0 Å². The molecule has 1 amide bonds. The molecule has 0 saturated carbocycles. The van der Waals surface area contributed by atoms with Gasteiger partial charge in [0.05, 0.1) is 29.9 Å². The molecule has 0 unspecified atom stereocenters. The minimum Gasteiger partial charge on any atom is -0.324 e. The summed E-state index contributed by atoms with van der Waals surface area (Å²) in [5.41, 5.74) is 3.09. The lowest BCUT2D eigenvalue weighted by Crippen LogP contribution is -2.14. The number of nitrogens with zero attached hydrogens (tertiary/aromatic N) is 5. The number of anilines is 3. The fourth-order valence-electron chi connectivity index (χ4n) is 5.63. The van der Waals surface area contributed by atoms with E-state index in [1.807, 2.05) is 13.0 Å². The summed E-state index contributed by atoms with van der Waals surface area (Å²) in [7, 11) is -4.23. The van der Waals surface area contributed by atoms with E-state index < -0.39 is 28.0 Å². The van der Waals surface area contributed by atoms with Crippen LogP contribution in [0.4, 0.5) is 30.5 Å². The number of hydrogen-bond donors (Lipinski definition) is 3. The Morgan fingerprint density at radius 3 is 2.23 bits per heavy atom. The van der Waals surface area contributed by atoms with Crippen LogP contribution < -0.4 is 10.6 Å². The van der Waals surface area contributed by atoms with Crippen LogP contribution in [0.15, 0.2) is 85.7 Å². The largest absolute Gasteiger partial charge is 0.416 e. The molecular formula is C40H48F3N7O5S. The van der Waals surface area contributed by atoms with Crippen LogP contribution in [0, 0.1) is 13.8 Å². The van der Waals surface area contributed by atoms with Gasteiger partial charge in [0.25, 0.3) is 5.91 Å². The van der Waals surface area contributed by atoms with Crippen molar-refractivity contribution >= 4 is 33.6 Å². The average molecular weight is 796 g/mol. The molecule has 0 aliphatic heterocycles. The first-order valence-corrected chi connectivity index (χ1v) is 19.9. The number of pyridine rings is 1. The van der Waals surface area contributed by atoms with Crippen LogP contribution in [0.1, 0.15) is 98.3 Å². The number of unbranched alkanes of at least 4 members (excludes halogenated alkanes) is 9. The molecule has 3 N–H and O–H groups in total. The Morgan fingerprint density at radius 1 is 0.893 bits per heavy atom. The summed E-state index contributed by atoms with van der Waals surface area (Å²) in [6.45, 7) is 5.89. The van der Waals surface area contributed by atoms with Crippen LogP contribution in [0.5, 0.6) is 0 Å². The van der Waals surface area contributed by atoms with Gasteiger partial charge in [0.1, 0.15) is 0 Å². The van der Waals surface area contributed by atoms with Gasteiger partial charge in [-0.1, -0.05) is 70.8 Å². The molecule has 5 rings (SSSR count). The normalized spacial score (nSPS) is 11.5. The van der Waals surface area contributed by atoms with E-state index in [0.717, 1.165) is 36.1 Å². The summed E-state index contributed by atoms with van der Waals surface area (Å²) in [6, 6.07) is 13.7. The highest BCUT2D eigenvalue weighted by Crippen LogP contribution is 2.33. The van der Waals surface area contributed by atoms with Gasteiger partial charge in [-0.3, -0.25) is 14.3 Å². The van der Waals surface area contributed by atoms with Gasteiger partial charge in [0, 0.05) is 53.0 Å². The molecule has 0 bridgehead atoms. The van der Waals surface area contributed by atoms with E-state index in [-0.39, 0.29) is 23.5 Å². The summed E-state index contributed by atoms with van der Waals surface area (Å²) in [6.07, 6.45) is 15.2. The highest BCUT2D eigenvalue weighted by molar-refractivity contribution is 7.80. The molecule has 0 fully saturated rings. The molecule has 0 saturated heterocycles. The maximum Gasteiger partial charge on any atom is 0.416 e. The van der Waals surface area contributed by atoms with Crippen LogP contribution in [0.2, 0.25) is 0 Å². The van der Waals surface area contributed by atoms with Gasteiger partial charge in [0.15, 0.2) is 0 Å². The first kappa shape index (κ1) is 43.5. The smallest absolute Gasteiger partial charge is 0.324 e. The van der Waals surface area contributed by atoms with Gasteiger partial charge in [-0.15, -0.1) is 0 Å². The van der Waals surface area contributed by atoms with Crippen molar-refractivity contribution in [1.82, 2.24) is 24.5 Å². The molecule has 0 aliphatic carbocycles. The maximum absolute atomic E-state index is 13.6. The van der Waals surface area contributed by atoms with E-state index in [9.17, 15) is 26.4 Å². The number of alkyl halides is 3. The number of carbonyl (C=O) groups is 1. The lowest BCUT2D eigenvalue weighted by molar-refractivity contribution is -0.137. The number of amides is 1. The van der Waals surface area contributed by atoms with Gasteiger partial charge < -0.3 is 15.2 Å². The molecule has 56 heavy (non-hydrogen) atoms. The van der Waals surface area contributed by atoms with Crippen molar-refractivity contribution in [2.24, 2.45) is 0 Å². The third-order valence-electron chi connectivity index (χ3n) is 8.60. The SMILES string of the molecule is CCCCCCCCCCCCOS(=O)(=O)O.Cc1cn(-c2cc(NC(=O)c3ccc(C)c(Nc4nccc(-c5cccnc5)n4)c3)cc(C(F)(F)F)c2)cn1. The zero-order valence-corrected chi connectivity index (χ0v) is 32.5. The second-order valence-corrected chi connectivity index (χ2v) is 14.3. The van der Waals surface area contributed by atoms with E-state index in [1.165, 1.54) is 61.9 Å². The first-order chi connectivity index (χ1) is 26.7. The van der Waals surface area contributed by atoms with E-state index in [0.29, 0.717) is 29.4 Å². The molecule has 3 aromatic heterocycles. The van der Waals surface area contributed by atoms with E-state index in [4.69, 9.17) is 4.55 Å². The lowest BCUT2D eigenvalue weighted by Gasteiger charge is -2.14. The molecule has 0 spiro atoms. The summed E-state index contributed by atoms with van der Waals surface area (Å²) >= 11 is 0. The molecule has 0 atom stereocenters. The zero-order chi connectivity index (χ0) is 40.6. The Kier molecular flexibility index (Phi) is 16.5. The summed E-state index contributed by atoms with van der Waals surface area (Å²) in [4.78, 5) is 30.1. The van der Waals surface area contributed by atoms with Crippen molar-refractivity contribution in [2.45, 2.75) is 91.2 Å². The Hall–Kier alpha value is -5.19. The predicted molar refractivity (Wildman–Crippen MR) is 210 cm³/mol. The average Bonchev–Trinajstić information content (AvgIpc) is 3.61. The Bertz CT molecular complexity index is 2110. The lowest BCUT2D eigenvalue weighted by atomic mass is 10.1. The number of aryl methyl sites for hydroxylation is 2. The number of benzene rings is 2. The van der Waals surface area contributed by atoms with Crippen molar-refractivity contribution < 1.29 is 35.1 Å². The topological polar surface area (TPSA) is 161 Å². The standard InChI is InChI=1S/C28H22F3N7O.C12H26O4S/c1-17-5-6-19(10-25(17)37-27-33-9-7-24(36-27)20-4-3-8-32-14-20)26(39)35-22-11-21(28(29,30)31)12-23(13-22)38-15-18(2)34-16-38;1-2-3-4-5-6-7-8-9-10-11-12-16-17(13,14)15/h3-16H,1-2H3,(H,35,39)(H,33,36,37);2-12H2,1H3,(H,13,14,15). The zero-order valence-electron chi connectivity index (χ0n) is 31.7. The minimum atomic E-state index is -4.60. The van der Waals surface area contributed by atoms with E-state index in [1.54, 1.807) is 62.0 Å². The number of imidazole rings is 1. The van der Waals surface area contributed by atoms with Gasteiger partial charge in [-0.25, -0.2) is 19.1 Å². The second-order valence-electron chi connectivity index (χ2n) is 13.2. The second kappa shape index (κ2) is 21.2. The fourth-order valence-corrected chi connectivity index (χ4v) is 5.96. The van der Waals surface area contributed by atoms with Gasteiger partial charge in [-0.05, 0) is 74.4 Å². The monoisotopic (exact) mass is 795 g/mol. The summed E-state index contributed by atoms with van der Waals surface area (Å²) in [5.74, 6) is -0.259. The Labute approximate surface area is 326 Å². The molecule has 5 aromatic rings. The molecule has 0 aliphatic rings. The van der Waals surface area contributed by atoms with Crippen LogP contribution >= 0.6 is 0 Å². The fraction of sp³-hybridized carbons (Fsp3) is 0.375. The third-order valence-corrected chi connectivity index (χ3v) is 9.07. The molecule has 300 valence electrons. The molecular weight excluding hydrogens is 748 g/mol. The maximum atomic E-state index is 13.6. The number of carbonyl (C=O) groups excluding carboxylic acids is 1. The Morgan fingerprint density at radius 2 is 1.61 bits per heavy atom. The number of aromatic nitrogens is 5. The van der Waals surface area contributed by atoms with E-state index >= 15 is 0 Å². The van der Waals surface area contributed by atoms with Crippen molar-refractivity contribution in [2.75, 3.05) is 17.2 Å². The number of hydrogen-bond acceptors (Lipinski definition) is 9. The van der Waals surface area contributed by atoms with Crippen LogP contribution in [-0.2, 0) is 20.8 Å². The van der Waals surface area contributed by atoms with Crippen molar-refractivity contribution in [3.63, 3.8) is 0 Å². The molecule has 3 heterocycles. The molecule has 12 nitrogen and oxygen atoms in total. The predicted octanol–water partition coefficient (Wildman–Crippen LogP) is 10.1. The highest BCUT2D eigenvalue weighted by atomic mass is 32.3. The first-order valence-electron chi connectivity index (χ1n) is 18.5. The minimum absolute atomic E-state index is 0.00114. The molecule has 2 aromatic carbocycles. The molecule has 0 radical (unpaired) electrons. The molecule has 16 heteroatoms. The highest BCUT2D eigenvalue weighted by Gasteiger charge is 2.31. The number of rotatable bonds is 18. The Balaban J connectivity index is 0.000000347.